The predicted molar refractivity (Wildman–Crippen MR) is 76.3 cm³/mol. The van der Waals surface area contributed by atoms with E-state index in [4.69, 9.17) is 4.74 Å². The van der Waals surface area contributed by atoms with Crippen molar-refractivity contribution in [2.45, 2.75) is 26.0 Å². The molecule has 19 heavy (non-hydrogen) atoms. The van der Waals surface area contributed by atoms with Crippen LogP contribution < -0.4 is 0 Å². The highest BCUT2D eigenvalue weighted by molar-refractivity contribution is 9.10. The van der Waals surface area contributed by atoms with Gasteiger partial charge >= 0.3 is 0 Å². The van der Waals surface area contributed by atoms with Gasteiger partial charge in [0.05, 0.1) is 29.2 Å². The maximum Gasteiger partial charge on any atom is 0.187 e. The molecule has 2 atom stereocenters. The number of Topliss-reactive ketones (excluding diaryl/α,β-unsaturated/α-hetero) is 1. The zero-order valence-corrected chi connectivity index (χ0v) is 13.2. The van der Waals surface area contributed by atoms with Gasteiger partial charge in [0.25, 0.3) is 0 Å². The van der Waals surface area contributed by atoms with E-state index in [9.17, 15) is 4.79 Å². The van der Waals surface area contributed by atoms with Crippen LogP contribution in [0.2, 0.25) is 0 Å². The first-order chi connectivity index (χ1) is 9.00. The summed E-state index contributed by atoms with van der Waals surface area (Å²) in [5.74, 6) is 0.0826. The van der Waals surface area contributed by atoms with Gasteiger partial charge in [-0.15, -0.1) is 0 Å². The number of aromatic nitrogens is 2. The maximum absolute atomic E-state index is 12.6. The highest BCUT2D eigenvalue weighted by atomic mass is 79.9. The van der Waals surface area contributed by atoms with Gasteiger partial charge in [0.1, 0.15) is 5.69 Å². The van der Waals surface area contributed by atoms with E-state index in [0.29, 0.717) is 18.8 Å². The highest BCUT2D eigenvalue weighted by Gasteiger charge is 2.34. The summed E-state index contributed by atoms with van der Waals surface area (Å²) in [5.41, 5.74) is 0.671. The lowest BCUT2D eigenvalue weighted by Gasteiger charge is -2.15. The minimum absolute atomic E-state index is 0.00315. The zero-order chi connectivity index (χ0) is 14.0. The minimum Gasteiger partial charge on any atom is -0.378 e. The van der Waals surface area contributed by atoms with Crippen LogP contribution in [-0.2, 0) is 11.3 Å². The molecule has 0 spiro atoms. The normalized spacial score (nSPS) is 23.2. The van der Waals surface area contributed by atoms with Crippen LogP contribution in [0.4, 0.5) is 0 Å². The van der Waals surface area contributed by atoms with Crippen molar-refractivity contribution in [3.05, 3.63) is 16.4 Å². The molecule has 5 nitrogen and oxygen atoms in total. The third-order valence-corrected chi connectivity index (χ3v) is 4.08. The van der Waals surface area contributed by atoms with E-state index in [1.807, 2.05) is 21.0 Å². The predicted octanol–water partition coefficient (Wildman–Crippen LogP) is 1.81. The van der Waals surface area contributed by atoms with Crippen LogP contribution in [0.15, 0.2) is 10.7 Å². The van der Waals surface area contributed by atoms with Gasteiger partial charge in [-0.1, -0.05) is 0 Å². The van der Waals surface area contributed by atoms with Gasteiger partial charge < -0.3 is 9.64 Å². The fraction of sp³-hybridized carbons (Fsp3) is 0.692. The quantitative estimate of drug-likeness (QED) is 0.773. The van der Waals surface area contributed by atoms with Crippen molar-refractivity contribution < 1.29 is 9.53 Å². The van der Waals surface area contributed by atoms with Gasteiger partial charge in [-0.05, 0) is 43.4 Å². The molecule has 6 heteroatoms. The van der Waals surface area contributed by atoms with E-state index in [1.54, 1.807) is 10.9 Å². The summed E-state index contributed by atoms with van der Waals surface area (Å²) >= 11 is 3.43. The summed E-state index contributed by atoms with van der Waals surface area (Å²) in [6.07, 6.45) is 2.49. The number of rotatable bonds is 5. The van der Waals surface area contributed by atoms with E-state index >= 15 is 0 Å². The van der Waals surface area contributed by atoms with Crippen LogP contribution >= 0.6 is 15.9 Å². The van der Waals surface area contributed by atoms with Crippen molar-refractivity contribution in [3.8, 4) is 0 Å². The second-order valence-electron chi connectivity index (χ2n) is 5.20. The number of ether oxygens (including phenoxy) is 1. The van der Waals surface area contributed by atoms with E-state index in [0.717, 1.165) is 17.4 Å². The second-order valence-corrected chi connectivity index (χ2v) is 6.06. The van der Waals surface area contributed by atoms with E-state index in [1.165, 1.54) is 0 Å². The van der Waals surface area contributed by atoms with Crippen molar-refractivity contribution in [1.29, 1.82) is 0 Å². The number of carbonyl (C=O) groups excluding carboxylic acids is 1. The Bertz CT molecular complexity index is 459. The topological polar surface area (TPSA) is 47.4 Å². The Morgan fingerprint density at radius 3 is 2.95 bits per heavy atom. The molecule has 1 aliphatic heterocycles. The Morgan fingerprint density at radius 2 is 2.37 bits per heavy atom. The summed E-state index contributed by atoms with van der Waals surface area (Å²) in [5, 5.41) is 4.29. The molecule has 1 saturated heterocycles. The Labute approximate surface area is 122 Å². The van der Waals surface area contributed by atoms with Gasteiger partial charge in [-0.3, -0.25) is 9.48 Å². The fourth-order valence-electron chi connectivity index (χ4n) is 2.32. The number of likely N-dealkylation sites (N-methyl/N-ethyl adjacent to an activating group) is 1. The van der Waals surface area contributed by atoms with Gasteiger partial charge in [-0.2, -0.15) is 5.10 Å². The fourth-order valence-corrected chi connectivity index (χ4v) is 2.81. The lowest BCUT2D eigenvalue weighted by Crippen LogP contribution is -2.27. The largest absolute Gasteiger partial charge is 0.378 e. The summed E-state index contributed by atoms with van der Waals surface area (Å²) in [6, 6.07) is 0. The Morgan fingerprint density at radius 1 is 1.63 bits per heavy atom. The third-order valence-electron chi connectivity index (χ3n) is 3.50. The van der Waals surface area contributed by atoms with Gasteiger partial charge in [0, 0.05) is 13.2 Å². The summed E-state index contributed by atoms with van der Waals surface area (Å²) in [4.78, 5) is 14.7. The molecule has 1 aromatic heterocycles. The molecule has 0 bridgehead atoms. The molecule has 0 aliphatic carbocycles. The Hall–Kier alpha value is -0.720. The zero-order valence-electron chi connectivity index (χ0n) is 11.6. The molecule has 0 amide bonds. The van der Waals surface area contributed by atoms with Gasteiger partial charge in [-0.25, -0.2) is 0 Å². The van der Waals surface area contributed by atoms with E-state index in [-0.39, 0.29) is 17.8 Å². The Balaban J connectivity index is 2.18. The molecule has 0 saturated carbocycles. The van der Waals surface area contributed by atoms with E-state index < -0.39 is 0 Å². The minimum atomic E-state index is -0.0499. The number of halogens is 1. The van der Waals surface area contributed by atoms with Gasteiger partial charge in [0.15, 0.2) is 5.78 Å². The first-order valence-corrected chi connectivity index (χ1v) is 7.32. The number of hydrogen-bond donors (Lipinski definition) is 0. The summed E-state index contributed by atoms with van der Waals surface area (Å²) in [6.45, 7) is 4.19. The van der Waals surface area contributed by atoms with Crippen LogP contribution in [0.5, 0.6) is 0 Å². The van der Waals surface area contributed by atoms with Crippen molar-refractivity contribution in [2.24, 2.45) is 5.92 Å². The van der Waals surface area contributed by atoms with Crippen molar-refractivity contribution in [2.75, 3.05) is 27.2 Å². The van der Waals surface area contributed by atoms with Crippen LogP contribution in [0.1, 0.15) is 23.8 Å². The molecule has 0 aromatic carbocycles. The molecule has 2 heterocycles. The molecule has 2 unspecified atom stereocenters. The SMILES string of the molecule is CC1OCCC1C(=O)c1c(Br)cnn1CCN(C)C. The van der Waals surface area contributed by atoms with Crippen LogP contribution in [0, 0.1) is 5.92 Å². The number of ketones is 1. The third kappa shape index (κ3) is 3.24. The molecule has 106 valence electrons. The van der Waals surface area contributed by atoms with Crippen LogP contribution in [0.25, 0.3) is 0 Å². The smallest absolute Gasteiger partial charge is 0.187 e. The monoisotopic (exact) mass is 329 g/mol. The van der Waals surface area contributed by atoms with Crippen LogP contribution in [0.3, 0.4) is 0 Å². The maximum atomic E-state index is 12.6. The lowest BCUT2D eigenvalue weighted by molar-refractivity contribution is 0.0753. The summed E-state index contributed by atoms with van der Waals surface area (Å²) < 4.78 is 8.05. The molecule has 2 rings (SSSR count). The first kappa shape index (κ1) is 14.7. The molecular weight excluding hydrogens is 310 g/mol. The molecular formula is C13H20BrN3O2. The van der Waals surface area contributed by atoms with Crippen molar-refractivity contribution in [1.82, 2.24) is 14.7 Å². The average Bonchev–Trinajstić information content (AvgIpc) is 2.92. The van der Waals surface area contributed by atoms with E-state index in [2.05, 4.69) is 25.9 Å². The van der Waals surface area contributed by atoms with Crippen molar-refractivity contribution in [3.63, 3.8) is 0 Å². The molecule has 0 N–H and O–H groups in total. The number of carbonyl (C=O) groups is 1. The number of hydrogen-bond acceptors (Lipinski definition) is 4. The van der Waals surface area contributed by atoms with Crippen molar-refractivity contribution >= 4 is 21.7 Å². The molecule has 1 aliphatic rings. The second kappa shape index (κ2) is 6.15. The number of nitrogens with zero attached hydrogens (tertiary/aromatic N) is 3. The van der Waals surface area contributed by atoms with Gasteiger partial charge in [0.2, 0.25) is 0 Å². The molecule has 1 aromatic rings. The molecule has 0 radical (unpaired) electrons. The standard InChI is InChI=1S/C13H20BrN3O2/c1-9-10(4-7-19-9)13(18)12-11(14)8-15-17(12)6-5-16(2)3/h8-10H,4-7H2,1-3H3. The van der Waals surface area contributed by atoms with Crippen LogP contribution in [-0.4, -0.2) is 53.8 Å². The highest BCUT2D eigenvalue weighted by Crippen LogP contribution is 2.27. The Kier molecular flexibility index (Phi) is 4.76. The average molecular weight is 330 g/mol. The lowest BCUT2D eigenvalue weighted by atomic mass is 9.95. The molecule has 1 fully saturated rings. The summed E-state index contributed by atoms with van der Waals surface area (Å²) in [7, 11) is 4.01. The first-order valence-electron chi connectivity index (χ1n) is 6.52.